The van der Waals surface area contributed by atoms with Crippen molar-refractivity contribution in [1.82, 2.24) is 4.90 Å². The molecule has 0 bridgehead atoms. The van der Waals surface area contributed by atoms with E-state index in [1.807, 2.05) is 0 Å². The van der Waals surface area contributed by atoms with E-state index in [-0.39, 0.29) is 50.2 Å². The molecule has 25 heavy (non-hydrogen) atoms. The van der Waals surface area contributed by atoms with E-state index in [9.17, 15) is 18.8 Å². The highest BCUT2D eigenvalue weighted by Gasteiger charge is 2.40. The minimum absolute atomic E-state index is 0.0127. The molecule has 8 heteroatoms. The van der Waals surface area contributed by atoms with Crippen LogP contribution in [-0.4, -0.2) is 60.1 Å². The van der Waals surface area contributed by atoms with Crippen molar-refractivity contribution < 1.29 is 28.6 Å². The number of amides is 2. The molecule has 7 nitrogen and oxygen atoms in total. The van der Waals surface area contributed by atoms with Crippen LogP contribution in [0.5, 0.6) is 0 Å². The summed E-state index contributed by atoms with van der Waals surface area (Å²) >= 11 is 0. The van der Waals surface area contributed by atoms with E-state index in [2.05, 4.69) is 0 Å². The van der Waals surface area contributed by atoms with E-state index < -0.39 is 23.8 Å². The quantitative estimate of drug-likeness (QED) is 0.871. The summed E-state index contributed by atoms with van der Waals surface area (Å²) in [5.74, 6) is -2.84. The van der Waals surface area contributed by atoms with Crippen LogP contribution in [0.4, 0.5) is 10.1 Å². The number of hydrogen-bond acceptors (Lipinski definition) is 4. The van der Waals surface area contributed by atoms with Gasteiger partial charge in [-0.1, -0.05) is 6.07 Å². The summed E-state index contributed by atoms with van der Waals surface area (Å²) in [5, 5.41) is 9.02. The molecule has 0 spiro atoms. The third-order valence-electron chi connectivity index (χ3n) is 4.52. The highest BCUT2D eigenvalue weighted by Crippen LogP contribution is 2.29. The number of carbonyl (C=O) groups is 3. The Balaban J connectivity index is 1.71. The predicted octanol–water partition coefficient (Wildman–Crippen LogP) is 0.799. The SMILES string of the molecule is Cc1ccc(N2CC(C(=O)N3CCOC(C(=O)O)C3)CC2=O)c(F)c1. The molecule has 0 aromatic heterocycles. The van der Waals surface area contributed by atoms with Gasteiger partial charge in [-0.2, -0.15) is 0 Å². The van der Waals surface area contributed by atoms with Crippen LogP contribution in [0.25, 0.3) is 0 Å². The van der Waals surface area contributed by atoms with E-state index >= 15 is 0 Å². The van der Waals surface area contributed by atoms with E-state index in [0.717, 1.165) is 5.56 Å². The second-order valence-corrected chi connectivity index (χ2v) is 6.34. The summed E-state index contributed by atoms with van der Waals surface area (Å²) in [6.45, 7) is 2.22. The summed E-state index contributed by atoms with van der Waals surface area (Å²) in [6, 6.07) is 4.59. The molecule has 2 fully saturated rings. The van der Waals surface area contributed by atoms with Crippen molar-refractivity contribution >= 4 is 23.5 Å². The lowest BCUT2D eigenvalue weighted by molar-refractivity contribution is -0.160. The predicted molar refractivity (Wildman–Crippen MR) is 85.6 cm³/mol. The number of rotatable bonds is 3. The minimum atomic E-state index is -1.12. The molecular weight excluding hydrogens is 331 g/mol. The zero-order valence-corrected chi connectivity index (χ0v) is 13.8. The number of aryl methyl sites for hydroxylation is 1. The topological polar surface area (TPSA) is 87.2 Å². The second kappa shape index (κ2) is 6.79. The zero-order valence-electron chi connectivity index (χ0n) is 13.8. The van der Waals surface area contributed by atoms with Crippen LogP contribution in [-0.2, 0) is 19.1 Å². The normalized spacial score (nSPS) is 23.8. The van der Waals surface area contributed by atoms with Crippen molar-refractivity contribution in [2.45, 2.75) is 19.4 Å². The molecule has 2 atom stereocenters. The lowest BCUT2D eigenvalue weighted by Crippen LogP contribution is -2.50. The monoisotopic (exact) mass is 350 g/mol. The molecule has 2 aliphatic rings. The number of hydrogen-bond donors (Lipinski definition) is 1. The summed E-state index contributed by atoms with van der Waals surface area (Å²) in [7, 11) is 0. The standard InChI is InChI=1S/C17H19FN2O5/c1-10-2-3-13(12(18)6-10)20-8-11(7-15(20)21)16(22)19-4-5-25-14(9-19)17(23)24/h2-3,6,11,14H,4-5,7-9H2,1H3,(H,23,24). The summed E-state index contributed by atoms with van der Waals surface area (Å²) < 4.78 is 19.2. The second-order valence-electron chi connectivity index (χ2n) is 6.34. The van der Waals surface area contributed by atoms with Gasteiger partial charge in [-0.05, 0) is 24.6 Å². The molecule has 0 saturated carbocycles. The lowest BCUT2D eigenvalue weighted by Gasteiger charge is -2.32. The number of morpholine rings is 1. The van der Waals surface area contributed by atoms with Crippen molar-refractivity contribution in [3.8, 4) is 0 Å². The number of benzene rings is 1. The van der Waals surface area contributed by atoms with Gasteiger partial charge in [-0.3, -0.25) is 9.59 Å². The van der Waals surface area contributed by atoms with E-state index in [1.54, 1.807) is 13.0 Å². The maximum atomic E-state index is 14.1. The van der Waals surface area contributed by atoms with Gasteiger partial charge in [0.05, 0.1) is 24.8 Å². The summed E-state index contributed by atoms with van der Waals surface area (Å²) in [4.78, 5) is 38.6. The van der Waals surface area contributed by atoms with Crippen LogP contribution in [0.2, 0.25) is 0 Å². The molecule has 0 radical (unpaired) electrons. The molecule has 1 aromatic rings. The highest BCUT2D eigenvalue weighted by molar-refractivity contribution is 6.00. The van der Waals surface area contributed by atoms with Crippen molar-refractivity contribution in [2.24, 2.45) is 5.92 Å². The molecule has 2 heterocycles. The van der Waals surface area contributed by atoms with Crippen LogP contribution in [0, 0.1) is 18.7 Å². The van der Waals surface area contributed by atoms with E-state index in [4.69, 9.17) is 9.84 Å². The zero-order chi connectivity index (χ0) is 18.1. The first kappa shape index (κ1) is 17.3. The fourth-order valence-electron chi connectivity index (χ4n) is 3.19. The number of halogens is 1. The number of carboxylic acids is 1. The molecule has 1 aromatic carbocycles. The number of carbonyl (C=O) groups excluding carboxylic acids is 2. The molecule has 134 valence electrons. The van der Waals surface area contributed by atoms with Gasteiger partial charge >= 0.3 is 5.97 Å². The minimum Gasteiger partial charge on any atom is -0.479 e. The van der Waals surface area contributed by atoms with Gasteiger partial charge < -0.3 is 19.6 Å². The Labute approximate surface area is 144 Å². The molecule has 2 aliphatic heterocycles. The van der Waals surface area contributed by atoms with E-state index in [0.29, 0.717) is 0 Å². The molecule has 2 amide bonds. The molecule has 2 unspecified atom stereocenters. The fraction of sp³-hybridized carbons (Fsp3) is 0.471. The lowest BCUT2D eigenvalue weighted by atomic mass is 10.1. The number of anilines is 1. The average molecular weight is 350 g/mol. The van der Waals surface area contributed by atoms with Crippen LogP contribution in [0.3, 0.4) is 0 Å². The largest absolute Gasteiger partial charge is 0.479 e. The van der Waals surface area contributed by atoms with Gasteiger partial charge in [0, 0.05) is 19.5 Å². The van der Waals surface area contributed by atoms with Crippen LogP contribution in [0.15, 0.2) is 18.2 Å². The van der Waals surface area contributed by atoms with Crippen molar-refractivity contribution in [1.29, 1.82) is 0 Å². The fourth-order valence-corrected chi connectivity index (χ4v) is 3.19. The Morgan fingerprint density at radius 2 is 2.08 bits per heavy atom. The van der Waals surface area contributed by atoms with Gasteiger partial charge in [0.1, 0.15) is 5.82 Å². The molecule has 2 saturated heterocycles. The highest BCUT2D eigenvalue weighted by atomic mass is 19.1. The smallest absolute Gasteiger partial charge is 0.334 e. The summed E-state index contributed by atoms with van der Waals surface area (Å²) in [5.41, 5.74) is 0.907. The van der Waals surface area contributed by atoms with Gasteiger partial charge in [-0.15, -0.1) is 0 Å². The molecule has 0 aliphatic carbocycles. The van der Waals surface area contributed by atoms with Crippen LogP contribution >= 0.6 is 0 Å². The third kappa shape index (κ3) is 3.48. The molecule has 1 N–H and O–H groups in total. The van der Waals surface area contributed by atoms with Gasteiger partial charge in [0.15, 0.2) is 6.10 Å². The number of ether oxygens (including phenoxy) is 1. The van der Waals surface area contributed by atoms with Gasteiger partial charge in [-0.25, -0.2) is 9.18 Å². The van der Waals surface area contributed by atoms with Crippen molar-refractivity contribution in [3.63, 3.8) is 0 Å². The summed E-state index contributed by atoms with van der Waals surface area (Å²) in [6.07, 6.45) is -1.07. The van der Waals surface area contributed by atoms with Crippen LogP contribution < -0.4 is 4.90 Å². The van der Waals surface area contributed by atoms with Crippen molar-refractivity contribution in [3.05, 3.63) is 29.6 Å². The Morgan fingerprint density at radius 1 is 1.32 bits per heavy atom. The maximum Gasteiger partial charge on any atom is 0.334 e. The molecule has 3 rings (SSSR count). The van der Waals surface area contributed by atoms with Crippen molar-refractivity contribution in [2.75, 3.05) is 31.1 Å². The Morgan fingerprint density at radius 3 is 2.76 bits per heavy atom. The number of aliphatic carboxylic acids is 1. The van der Waals surface area contributed by atoms with Gasteiger partial charge in [0.25, 0.3) is 0 Å². The third-order valence-corrected chi connectivity index (χ3v) is 4.52. The first-order valence-corrected chi connectivity index (χ1v) is 8.06. The van der Waals surface area contributed by atoms with Gasteiger partial charge in [0.2, 0.25) is 11.8 Å². The Bertz CT molecular complexity index is 723. The first-order valence-electron chi connectivity index (χ1n) is 8.06. The Hall–Kier alpha value is -2.48. The first-order chi connectivity index (χ1) is 11.9. The van der Waals surface area contributed by atoms with E-state index in [1.165, 1.54) is 21.9 Å². The molecular formula is C17H19FN2O5. The average Bonchev–Trinajstić information content (AvgIpc) is 2.96. The number of nitrogens with zero attached hydrogens (tertiary/aromatic N) is 2. The Kier molecular flexibility index (Phi) is 4.71. The van der Waals surface area contributed by atoms with Crippen LogP contribution in [0.1, 0.15) is 12.0 Å². The number of carboxylic acid groups (broad SMARTS) is 1. The maximum absolute atomic E-state index is 14.1.